The van der Waals surface area contributed by atoms with E-state index in [1.807, 2.05) is 56.3 Å². The molecule has 0 aliphatic rings. The molecule has 4 rings (SSSR count). The first-order valence-electron chi connectivity index (χ1n) is 10.1. The van der Waals surface area contributed by atoms with E-state index in [4.69, 9.17) is 4.52 Å². The second kappa shape index (κ2) is 7.54. The average molecular weight is 414 g/mol. The van der Waals surface area contributed by atoms with Gasteiger partial charge in [0.25, 0.3) is 0 Å². The Kier molecular flexibility index (Phi) is 5.01. The van der Waals surface area contributed by atoms with Crippen LogP contribution in [-0.4, -0.2) is 16.1 Å². The Labute approximate surface area is 180 Å². The molecule has 4 aromatic rings. The van der Waals surface area contributed by atoms with Crippen molar-refractivity contribution >= 4 is 28.2 Å². The van der Waals surface area contributed by atoms with Gasteiger partial charge in [-0.1, -0.05) is 56.3 Å². The highest BCUT2D eigenvalue weighted by Gasteiger charge is 2.20. The number of rotatable bonds is 4. The summed E-state index contributed by atoms with van der Waals surface area (Å²) >= 11 is 0. The number of hydrogen-bond donors (Lipinski definition) is 1. The Hall–Kier alpha value is -3.67. The van der Waals surface area contributed by atoms with E-state index in [0.717, 1.165) is 33.8 Å². The van der Waals surface area contributed by atoms with Gasteiger partial charge >= 0.3 is 0 Å². The van der Waals surface area contributed by atoms with Gasteiger partial charge in [0.1, 0.15) is 5.76 Å². The number of nitrogens with zero attached hydrogens (tertiary/aromatic N) is 2. The molecule has 0 aliphatic carbocycles. The van der Waals surface area contributed by atoms with Gasteiger partial charge in [-0.25, -0.2) is 0 Å². The molecule has 6 heteroatoms. The van der Waals surface area contributed by atoms with Crippen molar-refractivity contribution in [2.24, 2.45) is 0 Å². The zero-order valence-corrected chi connectivity index (χ0v) is 18.2. The lowest BCUT2D eigenvalue weighted by atomic mass is 9.85. The highest BCUT2D eigenvalue weighted by molar-refractivity contribution is 6.05. The van der Waals surface area contributed by atoms with E-state index in [1.54, 1.807) is 0 Å². The van der Waals surface area contributed by atoms with Gasteiger partial charge < -0.3 is 19.7 Å². The van der Waals surface area contributed by atoms with E-state index in [-0.39, 0.29) is 11.0 Å². The number of carboxylic acids is 1. The van der Waals surface area contributed by atoms with Crippen LogP contribution >= 0.6 is 0 Å². The largest absolute Gasteiger partial charge is 0.545 e. The summed E-state index contributed by atoms with van der Waals surface area (Å²) < 4.78 is 5.29. The number of fused-ring (bicyclic) bond motifs is 1. The standard InChI is InChI=1S/C25H25N3O3/c1-14-22(15(2)31-28-14)16-10-11-17-21(12-16)26-13-18(24(29)30)23(17)27-20-9-7-6-8-19(20)25(3,4)5/h6-13H,1-5H3,(H,26,27)(H,29,30)/p-1. The number of hydrogen-bond acceptors (Lipinski definition) is 6. The molecule has 0 atom stereocenters. The highest BCUT2D eigenvalue weighted by Crippen LogP contribution is 2.36. The van der Waals surface area contributed by atoms with E-state index in [9.17, 15) is 9.90 Å². The maximum absolute atomic E-state index is 11.9. The van der Waals surface area contributed by atoms with Crippen LogP contribution in [-0.2, 0) is 5.41 Å². The number of carbonyl (C=O) groups is 1. The van der Waals surface area contributed by atoms with Gasteiger partial charge in [-0.05, 0) is 42.5 Å². The predicted molar refractivity (Wildman–Crippen MR) is 119 cm³/mol. The van der Waals surface area contributed by atoms with Crippen molar-refractivity contribution in [2.75, 3.05) is 5.32 Å². The first-order chi connectivity index (χ1) is 14.7. The average Bonchev–Trinajstić information content (AvgIpc) is 3.05. The fraction of sp³-hybridized carbons (Fsp3) is 0.240. The van der Waals surface area contributed by atoms with E-state index in [2.05, 4.69) is 36.2 Å². The minimum Gasteiger partial charge on any atom is -0.545 e. The molecule has 0 saturated carbocycles. The van der Waals surface area contributed by atoms with Crippen molar-refractivity contribution in [1.29, 1.82) is 0 Å². The Morgan fingerprint density at radius 1 is 1.10 bits per heavy atom. The Balaban J connectivity index is 1.90. The quantitative estimate of drug-likeness (QED) is 0.510. The number of aromatic nitrogens is 2. The first-order valence-corrected chi connectivity index (χ1v) is 10.1. The summed E-state index contributed by atoms with van der Waals surface area (Å²) in [5.41, 5.74) is 5.58. The highest BCUT2D eigenvalue weighted by atomic mass is 16.5. The lowest BCUT2D eigenvalue weighted by Gasteiger charge is -2.25. The number of aromatic carboxylic acids is 1. The summed E-state index contributed by atoms with van der Waals surface area (Å²) in [4.78, 5) is 16.3. The summed E-state index contributed by atoms with van der Waals surface area (Å²) in [6.45, 7) is 10.1. The van der Waals surface area contributed by atoms with Crippen LogP contribution in [0.5, 0.6) is 0 Å². The minimum absolute atomic E-state index is 0.0151. The molecule has 0 bridgehead atoms. The molecule has 0 radical (unpaired) electrons. The zero-order valence-electron chi connectivity index (χ0n) is 18.2. The van der Waals surface area contributed by atoms with Crippen molar-refractivity contribution < 1.29 is 14.4 Å². The van der Waals surface area contributed by atoms with Gasteiger partial charge in [0.15, 0.2) is 0 Å². The van der Waals surface area contributed by atoms with Gasteiger partial charge in [0, 0.05) is 28.4 Å². The van der Waals surface area contributed by atoms with E-state index < -0.39 is 5.97 Å². The third kappa shape index (κ3) is 3.77. The monoisotopic (exact) mass is 414 g/mol. The molecule has 0 aliphatic heterocycles. The van der Waals surface area contributed by atoms with Crippen LogP contribution in [0.25, 0.3) is 22.0 Å². The second-order valence-corrected chi connectivity index (χ2v) is 8.69. The molecule has 2 heterocycles. The molecule has 31 heavy (non-hydrogen) atoms. The summed E-state index contributed by atoms with van der Waals surface area (Å²) in [6, 6.07) is 13.6. The Morgan fingerprint density at radius 3 is 2.48 bits per heavy atom. The van der Waals surface area contributed by atoms with Crippen LogP contribution in [0, 0.1) is 13.8 Å². The number of pyridine rings is 1. The molecule has 2 aromatic heterocycles. The molecule has 1 N–H and O–H groups in total. The maximum atomic E-state index is 11.9. The number of para-hydroxylation sites is 1. The summed E-state index contributed by atoms with van der Waals surface area (Å²) in [7, 11) is 0. The van der Waals surface area contributed by atoms with Crippen molar-refractivity contribution in [2.45, 2.75) is 40.0 Å². The van der Waals surface area contributed by atoms with Crippen LogP contribution in [0.15, 0.2) is 53.2 Å². The smallest absolute Gasteiger partial charge is 0.141 e. The summed E-state index contributed by atoms with van der Waals surface area (Å²) in [5.74, 6) is -0.555. The van der Waals surface area contributed by atoms with Gasteiger partial charge in [-0.15, -0.1) is 0 Å². The van der Waals surface area contributed by atoms with Crippen LogP contribution in [0.3, 0.4) is 0 Å². The molecule has 0 spiro atoms. The molecule has 158 valence electrons. The van der Waals surface area contributed by atoms with Crippen LogP contribution in [0.4, 0.5) is 11.4 Å². The van der Waals surface area contributed by atoms with Gasteiger partial charge in [0.2, 0.25) is 0 Å². The van der Waals surface area contributed by atoms with Crippen molar-refractivity contribution in [3.8, 4) is 11.1 Å². The van der Waals surface area contributed by atoms with Crippen molar-refractivity contribution in [3.05, 3.63) is 71.2 Å². The number of nitrogens with one attached hydrogen (secondary N) is 1. The van der Waals surface area contributed by atoms with Crippen LogP contribution in [0.1, 0.15) is 48.1 Å². The summed E-state index contributed by atoms with van der Waals surface area (Å²) in [6.07, 6.45) is 1.34. The first kappa shape index (κ1) is 20.6. The molecule has 0 amide bonds. The molecule has 2 aromatic carbocycles. The molecular formula is C25H24N3O3-. The lowest BCUT2D eigenvalue weighted by molar-refractivity contribution is -0.254. The van der Waals surface area contributed by atoms with Gasteiger partial charge in [-0.2, -0.15) is 0 Å². The normalized spacial score (nSPS) is 11.6. The Bertz CT molecular complexity index is 1280. The third-order valence-electron chi connectivity index (χ3n) is 5.41. The molecule has 6 nitrogen and oxygen atoms in total. The number of carboxylic acid groups (broad SMARTS) is 1. The number of aryl methyl sites for hydroxylation is 2. The fourth-order valence-corrected chi connectivity index (χ4v) is 3.91. The van der Waals surface area contributed by atoms with Crippen molar-refractivity contribution in [3.63, 3.8) is 0 Å². The minimum atomic E-state index is -1.28. The topological polar surface area (TPSA) is 91.1 Å². The molecule has 0 saturated heterocycles. The van der Waals surface area contributed by atoms with E-state index in [0.29, 0.717) is 16.6 Å². The molecule has 0 fully saturated rings. The third-order valence-corrected chi connectivity index (χ3v) is 5.41. The van der Waals surface area contributed by atoms with Crippen LogP contribution in [0.2, 0.25) is 0 Å². The second-order valence-electron chi connectivity index (χ2n) is 8.69. The summed E-state index contributed by atoms with van der Waals surface area (Å²) in [5, 5.41) is 19.9. The SMILES string of the molecule is Cc1noc(C)c1-c1ccc2c(Nc3ccccc3C(C)(C)C)c(C(=O)[O-])cnc2c1. The molecular weight excluding hydrogens is 390 g/mol. The number of carbonyl (C=O) groups excluding carboxylic acids is 1. The van der Waals surface area contributed by atoms with Crippen molar-refractivity contribution in [1.82, 2.24) is 10.1 Å². The number of benzene rings is 2. The number of anilines is 2. The van der Waals surface area contributed by atoms with Gasteiger partial charge in [0.05, 0.1) is 22.9 Å². The Morgan fingerprint density at radius 2 is 1.84 bits per heavy atom. The van der Waals surface area contributed by atoms with E-state index in [1.165, 1.54) is 6.20 Å². The molecule has 0 unspecified atom stereocenters. The van der Waals surface area contributed by atoms with Crippen LogP contribution < -0.4 is 10.4 Å². The maximum Gasteiger partial charge on any atom is 0.141 e. The van der Waals surface area contributed by atoms with Gasteiger partial charge in [-0.3, -0.25) is 4.98 Å². The lowest BCUT2D eigenvalue weighted by Crippen LogP contribution is -2.24. The fourth-order valence-electron chi connectivity index (χ4n) is 3.91. The zero-order chi connectivity index (χ0) is 22.3. The van der Waals surface area contributed by atoms with E-state index >= 15 is 0 Å². The predicted octanol–water partition coefficient (Wildman–Crippen LogP) is 4.91.